The third-order valence-electron chi connectivity index (χ3n) is 4.98. The van der Waals surface area contributed by atoms with Crippen LogP contribution in [0.4, 0.5) is 11.8 Å². The second-order valence-electron chi connectivity index (χ2n) is 6.90. The van der Waals surface area contributed by atoms with Gasteiger partial charge in [-0.2, -0.15) is 4.98 Å². The minimum atomic E-state index is 0.878. The Morgan fingerprint density at radius 1 is 1.09 bits per heavy atom. The summed E-state index contributed by atoms with van der Waals surface area (Å²) < 4.78 is 0. The lowest BCUT2D eigenvalue weighted by Crippen LogP contribution is -2.48. The lowest BCUT2D eigenvalue weighted by atomic mass is 9.89. The van der Waals surface area contributed by atoms with Crippen molar-refractivity contribution in [2.75, 3.05) is 56.6 Å². The molecule has 5 heteroatoms. The van der Waals surface area contributed by atoms with Crippen molar-refractivity contribution in [2.24, 2.45) is 5.92 Å². The molecule has 22 heavy (non-hydrogen) atoms. The minimum absolute atomic E-state index is 0.878. The quantitative estimate of drug-likeness (QED) is 0.852. The summed E-state index contributed by atoms with van der Waals surface area (Å²) in [6.07, 6.45) is 9.07. The topological polar surface area (TPSA) is 35.5 Å². The van der Waals surface area contributed by atoms with E-state index in [2.05, 4.69) is 19.8 Å². The summed E-state index contributed by atoms with van der Waals surface area (Å²) in [5, 5.41) is 0. The van der Waals surface area contributed by atoms with Gasteiger partial charge in [0.25, 0.3) is 0 Å². The number of aromatic nitrogens is 2. The molecule has 0 radical (unpaired) electrons. The molecule has 1 saturated carbocycles. The molecular weight excluding hydrogens is 274 g/mol. The summed E-state index contributed by atoms with van der Waals surface area (Å²) in [5.41, 5.74) is 0. The Morgan fingerprint density at radius 2 is 1.82 bits per heavy atom. The van der Waals surface area contributed by atoms with Crippen LogP contribution in [0.3, 0.4) is 0 Å². The van der Waals surface area contributed by atoms with Crippen LogP contribution in [0, 0.1) is 5.92 Å². The zero-order valence-corrected chi connectivity index (χ0v) is 14.0. The maximum atomic E-state index is 4.66. The second-order valence-corrected chi connectivity index (χ2v) is 6.90. The highest BCUT2D eigenvalue weighted by atomic mass is 15.3. The second kappa shape index (κ2) is 7.27. The van der Waals surface area contributed by atoms with Gasteiger partial charge in [-0.25, -0.2) is 4.98 Å². The van der Waals surface area contributed by atoms with Crippen LogP contribution < -0.4 is 9.80 Å². The number of anilines is 2. The van der Waals surface area contributed by atoms with E-state index in [9.17, 15) is 0 Å². The van der Waals surface area contributed by atoms with E-state index in [1.54, 1.807) is 0 Å². The Morgan fingerprint density at radius 3 is 2.50 bits per heavy atom. The number of hydrogen-bond acceptors (Lipinski definition) is 5. The van der Waals surface area contributed by atoms with E-state index in [0.29, 0.717) is 0 Å². The van der Waals surface area contributed by atoms with Gasteiger partial charge in [0, 0.05) is 53.0 Å². The molecule has 0 unspecified atom stereocenters. The third kappa shape index (κ3) is 3.88. The number of nitrogens with zero attached hydrogens (tertiary/aromatic N) is 5. The monoisotopic (exact) mass is 303 g/mol. The molecule has 1 aliphatic carbocycles. The first-order valence-electron chi connectivity index (χ1n) is 8.70. The summed E-state index contributed by atoms with van der Waals surface area (Å²) in [6.45, 7) is 5.68. The van der Waals surface area contributed by atoms with Crippen molar-refractivity contribution in [2.45, 2.75) is 32.1 Å². The lowest BCUT2D eigenvalue weighted by molar-refractivity contribution is 0.191. The first kappa shape index (κ1) is 15.5. The van der Waals surface area contributed by atoms with Gasteiger partial charge in [-0.1, -0.05) is 19.3 Å². The smallest absolute Gasteiger partial charge is 0.227 e. The van der Waals surface area contributed by atoms with Gasteiger partial charge >= 0.3 is 0 Å². The predicted molar refractivity (Wildman–Crippen MR) is 91.6 cm³/mol. The fraction of sp³-hybridized carbons (Fsp3) is 0.765. The van der Waals surface area contributed by atoms with Crippen LogP contribution in [0.1, 0.15) is 32.1 Å². The van der Waals surface area contributed by atoms with Crippen molar-refractivity contribution < 1.29 is 0 Å². The molecule has 0 spiro atoms. The van der Waals surface area contributed by atoms with E-state index in [1.165, 1.54) is 38.6 Å². The molecule has 1 saturated heterocycles. The van der Waals surface area contributed by atoms with Gasteiger partial charge in [-0.05, 0) is 24.8 Å². The fourth-order valence-corrected chi connectivity index (χ4v) is 3.61. The Balaban J connectivity index is 1.51. The molecule has 2 fully saturated rings. The molecule has 0 N–H and O–H groups in total. The molecule has 5 nitrogen and oxygen atoms in total. The van der Waals surface area contributed by atoms with Crippen LogP contribution in [0.5, 0.6) is 0 Å². The molecule has 2 aliphatic rings. The van der Waals surface area contributed by atoms with Crippen molar-refractivity contribution in [3.63, 3.8) is 0 Å². The maximum Gasteiger partial charge on any atom is 0.227 e. The van der Waals surface area contributed by atoms with Crippen LogP contribution in [-0.4, -0.2) is 61.7 Å². The van der Waals surface area contributed by atoms with Crippen molar-refractivity contribution >= 4 is 11.8 Å². The highest BCUT2D eigenvalue weighted by Gasteiger charge is 2.22. The minimum Gasteiger partial charge on any atom is -0.363 e. The standard InChI is InChI=1S/C17H29N5/c1-20(2)16-8-9-18-17(19-16)22-12-10-21(11-13-22)14-15-6-4-3-5-7-15/h8-9,15H,3-7,10-14H2,1-2H3. The maximum absolute atomic E-state index is 4.66. The Labute approximate surface area is 134 Å². The summed E-state index contributed by atoms with van der Waals surface area (Å²) in [5.74, 6) is 2.80. The molecule has 0 aromatic carbocycles. The summed E-state index contributed by atoms with van der Waals surface area (Å²) in [6, 6.07) is 1.96. The van der Waals surface area contributed by atoms with E-state index in [0.717, 1.165) is 43.9 Å². The van der Waals surface area contributed by atoms with E-state index >= 15 is 0 Å². The highest BCUT2D eigenvalue weighted by Crippen LogP contribution is 2.25. The zero-order chi connectivity index (χ0) is 15.4. The Bertz CT molecular complexity index is 462. The van der Waals surface area contributed by atoms with E-state index in [4.69, 9.17) is 0 Å². The van der Waals surface area contributed by atoms with Crippen molar-refractivity contribution in [1.29, 1.82) is 0 Å². The first-order chi connectivity index (χ1) is 10.7. The summed E-state index contributed by atoms with van der Waals surface area (Å²) >= 11 is 0. The highest BCUT2D eigenvalue weighted by molar-refractivity contribution is 5.42. The van der Waals surface area contributed by atoms with Crippen molar-refractivity contribution in [3.8, 4) is 0 Å². The van der Waals surface area contributed by atoms with Gasteiger partial charge in [-0.3, -0.25) is 4.90 Å². The lowest BCUT2D eigenvalue weighted by Gasteiger charge is -2.37. The SMILES string of the molecule is CN(C)c1ccnc(N2CCN(CC3CCCCC3)CC2)n1. The van der Waals surface area contributed by atoms with Crippen molar-refractivity contribution in [1.82, 2.24) is 14.9 Å². The van der Waals surface area contributed by atoms with Crippen LogP contribution in [-0.2, 0) is 0 Å². The van der Waals surface area contributed by atoms with E-state index in [1.807, 2.05) is 31.3 Å². The first-order valence-corrected chi connectivity index (χ1v) is 8.70. The largest absolute Gasteiger partial charge is 0.363 e. The van der Waals surface area contributed by atoms with Crippen LogP contribution >= 0.6 is 0 Å². The molecule has 0 bridgehead atoms. The van der Waals surface area contributed by atoms with E-state index in [-0.39, 0.29) is 0 Å². The summed E-state index contributed by atoms with van der Waals surface area (Å²) in [7, 11) is 4.04. The average Bonchev–Trinajstić information content (AvgIpc) is 2.56. The molecule has 2 heterocycles. The van der Waals surface area contributed by atoms with Crippen LogP contribution in [0.15, 0.2) is 12.3 Å². The zero-order valence-electron chi connectivity index (χ0n) is 14.0. The number of hydrogen-bond donors (Lipinski definition) is 0. The Hall–Kier alpha value is -1.36. The number of rotatable bonds is 4. The predicted octanol–water partition coefficient (Wildman–Crippen LogP) is 2.24. The molecule has 1 aromatic heterocycles. The molecule has 0 amide bonds. The normalized spacial score (nSPS) is 21.1. The van der Waals surface area contributed by atoms with Gasteiger partial charge in [0.1, 0.15) is 5.82 Å². The number of piperazine rings is 1. The fourth-order valence-electron chi connectivity index (χ4n) is 3.61. The summed E-state index contributed by atoms with van der Waals surface area (Å²) in [4.78, 5) is 16.1. The average molecular weight is 303 g/mol. The molecular formula is C17H29N5. The van der Waals surface area contributed by atoms with Crippen molar-refractivity contribution in [3.05, 3.63) is 12.3 Å². The molecule has 0 atom stereocenters. The Kier molecular flexibility index (Phi) is 5.13. The van der Waals surface area contributed by atoms with Gasteiger partial charge in [0.05, 0.1) is 0 Å². The van der Waals surface area contributed by atoms with Crippen LogP contribution in [0.25, 0.3) is 0 Å². The third-order valence-corrected chi connectivity index (χ3v) is 4.98. The van der Waals surface area contributed by atoms with Crippen LogP contribution in [0.2, 0.25) is 0 Å². The molecule has 1 aromatic rings. The van der Waals surface area contributed by atoms with Gasteiger partial charge in [0.2, 0.25) is 5.95 Å². The van der Waals surface area contributed by atoms with E-state index < -0.39 is 0 Å². The molecule has 3 rings (SSSR count). The van der Waals surface area contributed by atoms with Gasteiger partial charge < -0.3 is 9.80 Å². The molecule has 1 aliphatic heterocycles. The van der Waals surface area contributed by atoms with Gasteiger partial charge in [-0.15, -0.1) is 0 Å². The van der Waals surface area contributed by atoms with Gasteiger partial charge in [0.15, 0.2) is 0 Å². The molecule has 122 valence electrons.